The number of ether oxygens (including phenoxy) is 1. The second kappa shape index (κ2) is 12.1. The van der Waals surface area contributed by atoms with Crippen LogP contribution in [0.2, 0.25) is 0 Å². The monoisotopic (exact) mass is 636 g/mol. The zero-order valence-corrected chi connectivity index (χ0v) is 26.4. The molecular formula is C35H36N6O6. The number of esters is 1. The predicted octanol–water partition coefficient (Wildman–Crippen LogP) is 4.63. The van der Waals surface area contributed by atoms with Crippen LogP contribution in [-0.2, 0) is 55.5 Å². The zero-order chi connectivity index (χ0) is 32.8. The number of pyridine rings is 2. The molecule has 0 saturated heterocycles. The highest BCUT2D eigenvalue weighted by Gasteiger charge is 2.32. The van der Waals surface area contributed by atoms with E-state index < -0.39 is 12.1 Å². The van der Waals surface area contributed by atoms with Crippen molar-refractivity contribution in [3.63, 3.8) is 0 Å². The van der Waals surface area contributed by atoms with E-state index >= 15 is 0 Å². The third-order valence-corrected chi connectivity index (χ3v) is 9.36. The summed E-state index contributed by atoms with van der Waals surface area (Å²) in [6.07, 6.45) is 5.48. The standard InChI is InChI=1S/C35H36N6O6/c1-21(42)47-20-26-25(7-5-9-30(26)41-15-14-40-29-8-4-3-6-22(29)17-31(40)34(41)44)24-16-28(33(43)38(2)18-24)37-32-11-10-23-19-39(35(45)46)13-12-27(23)36-32/h5,7,9-11,16-18H,3-4,6,8,12-15,19-20H2,1-2H3,(H,36,37)(H,45,46). The number of aromatic nitrogens is 3. The normalized spacial score (nSPS) is 15.5. The molecule has 2 N–H and O–H groups in total. The Labute approximate surface area is 271 Å². The zero-order valence-electron chi connectivity index (χ0n) is 26.4. The van der Waals surface area contributed by atoms with E-state index in [9.17, 15) is 24.3 Å². The first-order valence-corrected chi connectivity index (χ1v) is 15.9. The van der Waals surface area contributed by atoms with Gasteiger partial charge in [0, 0.05) is 68.7 Å². The largest absolute Gasteiger partial charge is 0.465 e. The first-order chi connectivity index (χ1) is 22.7. The molecule has 0 atom stereocenters. The minimum atomic E-state index is -0.965. The fourth-order valence-corrected chi connectivity index (χ4v) is 7.03. The summed E-state index contributed by atoms with van der Waals surface area (Å²) in [5.74, 6) is -0.0509. The fraction of sp³-hybridized carbons (Fsp3) is 0.343. The molecule has 1 aromatic carbocycles. The molecule has 0 spiro atoms. The van der Waals surface area contributed by atoms with Crippen LogP contribution in [-0.4, -0.2) is 55.2 Å². The highest BCUT2D eigenvalue weighted by Crippen LogP contribution is 2.36. The molecule has 2 amide bonds. The average molecular weight is 637 g/mol. The maximum atomic E-state index is 14.0. The summed E-state index contributed by atoms with van der Waals surface area (Å²) < 4.78 is 9.18. The minimum Gasteiger partial charge on any atom is -0.465 e. The highest BCUT2D eigenvalue weighted by molar-refractivity contribution is 6.07. The molecule has 5 heterocycles. The van der Waals surface area contributed by atoms with Gasteiger partial charge in [-0.3, -0.25) is 14.4 Å². The number of anilines is 3. The molecule has 12 nitrogen and oxygen atoms in total. The third-order valence-electron chi connectivity index (χ3n) is 9.36. The number of hydrogen-bond donors (Lipinski definition) is 2. The quantitative estimate of drug-likeness (QED) is 0.292. The number of benzene rings is 1. The lowest BCUT2D eigenvalue weighted by Crippen LogP contribution is -2.41. The van der Waals surface area contributed by atoms with Crippen molar-refractivity contribution in [2.45, 2.75) is 58.7 Å². The first-order valence-electron chi connectivity index (χ1n) is 15.9. The lowest BCUT2D eigenvalue weighted by Gasteiger charge is -2.32. The van der Waals surface area contributed by atoms with Gasteiger partial charge in [-0.2, -0.15) is 0 Å². The molecule has 4 aromatic rings. The van der Waals surface area contributed by atoms with Gasteiger partial charge in [0.05, 0.1) is 12.2 Å². The van der Waals surface area contributed by atoms with Crippen molar-refractivity contribution >= 4 is 35.2 Å². The van der Waals surface area contributed by atoms with Crippen molar-refractivity contribution in [3.8, 4) is 11.1 Å². The SMILES string of the molecule is CC(=O)OCc1c(-c2cc(Nc3ccc4c(n3)CCN(C(=O)O)C4)c(=O)n(C)c2)cccc1N1CCn2c(cc3c2CCCC3)C1=O. The van der Waals surface area contributed by atoms with Crippen LogP contribution in [0.15, 0.2) is 53.5 Å². The van der Waals surface area contributed by atoms with Crippen LogP contribution in [0.4, 0.5) is 22.0 Å². The van der Waals surface area contributed by atoms with Gasteiger partial charge in [-0.15, -0.1) is 0 Å². The Morgan fingerprint density at radius 1 is 1.00 bits per heavy atom. The van der Waals surface area contributed by atoms with E-state index in [1.54, 1.807) is 30.3 Å². The number of amides is 2. The van der Waals surface area contributed by atoms with E-state index in [4.69, 9.17) is 4.74 Å². The molecule has 3 aromatic heterocycles. The second-order valence-corrected chi connectivity index (χ2v) is 12.3. The van der Waals surface area contributed by atoms with Crippen LogP contribution in [0, 0.1) is 0 Å². The summed E-state index contributed by atoms with van der Waals surface area (Å²) >= 11 is 0. The van der Waals surface area contributed by atoms with E-state index in [2.05, 4.69) is 14.9 Å². The predicted molar refractivity (Wildman–Crippen MR) is 175 cm³/mol. The van der Waals surface area contributed by atoms with Crippen LogP contribution in [0.25, 0.3) is 11.1 Å². The number of carbonyl (C=O) groups excluding carboxylic acids is 2. The van der Waals surface area contributed by atoms with E-state index in [-0.39, 0.29) is 24.6 Å². The van der Waals surface area contributed by atoms with Gasteiger partial charge in [-0.05, 0) is 66.6 Å². The smallest absolute Gasteiger partial charge is 0.407 e. The van der Waals surface area contributed by atoms with Gasteiger partial charge < -0.3 is 34.1 Å². The van der Waals surface area contributed by atoms with Crippen LogP contribution in [0.3, 0.4) is 0 Å². The number of hydrogen-bond acceptors (Lipinski definition) is 7. The maximum absolute atomic E-state index is 14.0. The Hall–Kier alpha value is -5.39. The van der Waals surface area contributed by atoms with Crippen LogP contribution in [0.1, 0.15) is 58.3 Å². The molecule has 2 aliphatic heterocycles. The molecule has 0 fully saturated rings. The molecule has 0 unspecified atom stereocenters. The number of rotatable bonds is 6. The van der Waals surface area contributed by atoms with E-state index in [0.717, 1.165) is 42.5 Å². The molecule has 47 heavy (non-hydrogen) atoms. The first kappa shape index (κ1) is 30.3. The summed E-state index contributed by atoms with van der Waals surface area (Å²) in [7, 11) is 1.66. The number of nitrogens with zero attached hydrogens (tertiary/aromatic N) is 5. The van der Waals surface area contributed by atoms with Crippen molar-refractivity contribution in [1.82, 2.24) is 19.0 Å². The summed E-state index contributed by atoms with van der Waals surface area (Å²) in [5.41, 5.74) is 7.61. The van der Waals surface area contributed by atoms with E-state index in [1.165, 1.54) is 27.6 Å². The van der Waals surface area contributed by atoms with Crippen LogP contribution < -0.4 is 15.8 Å². The van der Waals surface area contributed by atoms with Gasteiger partial charge in [0.15, 0.2) is 0 Å². The summed E-state index contributed by atoms with van der Waals surface area (Å²) in [6, 6.07) is 13.0. The number of nitrogens with one attached hydrogen (secondary N) is 1. The van der Waals surface area contributed by atoms with Gasteiger partial charge in [0.1, 0.15) is 23.8 Å². The van der Waals surface area contributed by atoms with Crippen molar-refractivity contribution in [2.24, 2.45) is 7.05 Å². The summed E-state index contributed by atoms with van der Waals surface area (Å²) in [4.78, 5) is 58.5. The second-order valence-electron chi connectivity index (χ2n) is 12.3. The van der Waals surface area contributed by atoms with E-state index in [0.29, 0.717) is 60.1 Å². The fourth-order valence-electron chi connectivity index (χ4n) is 7.03. The molecule has 0 radical (unpaired) electrons. The van der Waals surface area contributed by atoms with Crippen LogP contribution in [0.5, 0.6) is 0 Å². The number of fused-ring (bicyclic) bond motifs is 4. The minimum absolute atomic E-state index is 0.0481. The molecule has 0 bridgehead atoms. The third kappa shape index (κ3) is 5.64. The Morgan fingerprint density at radius 3 is 2.64 bits per heavy atom. The number of aryl methyl sites for hydroxylation is 2. The van der Waals surface area contributed by atoms with Crippen molar-refractivity contribution in [1.29, 1.82) is 0 Å². The number of carbonyl (C=O) groups is 3. The van der Waals surface area contributed by atoms with Crippen molar-refractivity contribution in [3.05, 3.63) is 92.8 Å². The average Bonchev–Trinajstić information content (AvgIpc) is 3.45. The molecule has 3 aliphatic rings. The lowest BCUT2D eigenvalue weighted by atomic mass is 9.98. The number of carboxylic acid groups (broad SMARTS) is 1. The highest BCUT2D eigenvalue weighted by atomic mass is 16.5. The van der Waals surface area contributed by atoms with Crippen LogP contribution >= 0.6 is 0 Å². The van der Waals surface area contributed by atoms with Gasteiger partial charge in [0.2, 0.25) is 0 Å². The topological polar surface area (TPSA) is 139 Å². The Morgan fingerprint density at radius 2 is 1.83 bits per heavy atom. The Bertz CT molecular complexity index is 1990. The summed E-state index contributed by atoms with van der Waals surface area (Å²) in [5, 5.41) is 12.5. The summed E-state index contributed by atoms with van der Waals surface area (Å²) in [6.45, 7) is 3.09. The molecule has 1 aliphatic carbocycles. The maximum Gasteiger partial charge on any atom is 0.407 e. The van der Waals surface area contributed by atoms with Gasteiger partial charge in [-0.1, -0.05) is 18.2 Å². The van der Waals surface area contributed by atoms with E-state index in [1.807, 2.05) is 30.3 Å². The molecule has 7 rings (SSSR count). The molecule has 12 heteroatoms. The molecule has 0 saturated carbocycles. The molecule has 242 valence electrons. The lowest BCUT2D eigenvalue weighted by molar-refractivity contribution is -0.142. The Kier molecular flexibility index (Phi) is 7.78. The van der Waals surface area contributed by atoms with Crippen molar-refractivity contribution in [2.75, 3.05) is 23.3 Å². The van der Waals surface area contributed by atoms with Gasteiger partial charge in [0.25, 0.3) is 11.5 Å². The Balaban J connectivity index is 1.24. The van der Waals surface area contributed by atoms with Crippen molar-refractivity contribution < 1.29 is 24.2 Å². The molecular weight excluding hydrogens is 600 g/mol. The van der Waals surface area contributed by atoms with Gasteiger partial charge in [-0.25, -0.2) is 9.78 Å². The van der Waals surface area contributed by atoms with Gasteiger partial charge >= 0.3 is 12.1 Å².